The van der Waals surface area contributed by atoms with E-state index in [4.69, 9.17) is 10.7 Å². The molecule has 2 aliphatic rings. The average molecular weight is 271 g/mol. The number of nitrogen functional groups attached to an aromatic ring is 1. The fraction of sp³-hybridized carbons (Fsp3) is 0.600. The van der Waals surface area contributed by atoms with Crippen molar-refractivity contribution in [3.05, 3.63) is 17.8 Å². The quantitative estimate of drug-likeness (QED) is 0.900. The van der Waals surface area contributed by atoms with Crippen molar-refractivity contribution in [3.63, 3.8) is 0 Å². The maximum absolute atomic E-state index is 6.12. The van der Waals surface area contributed by atoms with Crippen LogP contribution in [0.1, 0.15) is 56.4 Å². The van der Waals surface area contributed by atoms with Crippen molar-refractivity contribution in [1.29, 1.82) is 0 Å². The Labute approximate surface area is 118 Å². The van der Waals surface area contributed by atoms with E-state index in [1.165, 1.54) is 50.5 Å². The van der Waals surface area contributed by atoms with Gasteiger partial charge in [-0.15, -0.1) is 0 Å². The second-order valence-corrected chi connectivity index (χ2v) is 6.16. The van der Waals surface area contributed by atoms with E-state index in [0.717, 1.165) is 11.5 Å². The van der Waals surface area contributed by atoms with Crippen molar-refractivity contribution in [3.8, 4) is 0 Å². The van der Waals surface area contributed by atoms with Gasteiger partial charge in [0.05, 0.1) is 6.20 Å². The second kappa shape index (κ2) is 4.65. The molecule has 106 valence electrons. The first kappa shape index (κ1) is 12.0. The minimum Gasteiger partial charge on any atom is -0.383 e. The van der Waals surface area contributed by atoms with Crippen molar-refractivity contribution in [2.45, 2.75) is 56.9 Å². The lowest BCUT2D eigenvalue weighted by Gasteiger charge is -2.23. The highest BCUT2D eigenvalue weighted by atomic mass is 15.3. The highest BCUT2D eigenvalue weighted by Crippen LogP contribution is 2.42. The number of nitrogens with one attached hydrogen (secondary N) is 1. The van der Waals surface area contributed by atoms with Gasteiger partial charge in [-0.2, -0.15) is 9.61 Å². The van der Waals surface area contributed by atoms with Crippen LogP contribution in [0.2, 0.25) is 0 Å². The number of nitrogens with zero attached hydrogens (tertiary/aromatic N) is 3. The molecule has 2 aromatic heterocycles. The summed E-state index contributed by atoms with van der Waals surface area (Å²) >= 11 is 0. The van der Waals surface area contributed by atoms with Crippen LogP contribution in [0.15, 0.2) is 12.3 Å². The van der Waals surface area contributed by atoms with Crippen molar-refractivity contribution in [1.82, 2.24) is 14.6 Å². The Bertz CT molecular complexity index is 622. The number of nitrogens with two attached hydrogens (primary N) is 1. The van der Waals surface area contributed by atoms with Gasteiger partial charge in [0.2, 0.25) is 0 Å². The molecule has 20 heavy (non-hydrogen) atoms. The summed E-state index contributed by atoms with van der Waals surface area (Å²) in [5.74, 6) is 2.22. The normalized spacial score (nSPS) is 20.4. The van der Waals surface area contributed by atoms with Crippen LogP contribution in [0.5, 0.6) is 0 Å². The van der Waals surface area contributed by atoms with Gasteiger partial charge >= 0.3 is 0 Å². The predicted molar refractivity (Wildman–Crippen MR) is 79.9 cm³/mol. The molecule has 0 unspecified atom stereocenters. The van der Waals surface area contributed by atoms with E-state index in [1.54, 1.807) is 4.52 Å². The SMILES string of the molecule is Nc1cc(NC2CCCCC2)nc2c(C3CC3)cnn12. The van der Waals surface area contributed by atoms with Crippen molar-refractivity contribution < 1.29 is 0 Å². The number of hydrogen-bond donors (Lipinski definition) is 2. The minimum absolute atomic E-state index is 0.547. The number of rotatable bonds is 3. The summed E-state index contributed by atoms with van der Waals surface area (Å²) in [5.41, 5.74) is 8.31. The largest absolute Gasteiger partial charge is 0.383 e. The number of fused-ring (bicyclic) bond motifs is 1. The molecule has 5 nitrogen and oxygen atoms in total. The standard InChI is InChI=1S/C15H21N5/c16-13-8-14(18-11-4-2-1-3-5-11)19-15-12(10-6-7-10)9-17-20(13)15/h8-11H,1-7,16H2,(H,18,19). The van der Waals surface area contributed by atoms with Crippen molar-refractivity contribution in [2.24, 2.45) is 0 Å². The van der Waals surface area contributed by atoms with Crippen LogP contribution in [-0.4, -0.2) is 20.6 Å². The van der Waals surface area contributed by atoms with E-state index in [2.05, 4.69) is 10.4 Å². The summed E-state index contributed by atoms with van der Waals surface area (Å²) in [6, 6.07) is 2.45. The van der Waals surface area contributed by atoms with E-state index < -0.39 is 0 Å². The molecule has 2 aliphatic carbocycles. The lowest BCUT2D eigenvalue weighted by molar-refractivity contribution is 0.462. The van der Waals surface area contributed by atoms with Gasteiger partial charge in [0, 0.05) is 17.7 Å². The van der Waals surface area contributed by atoms with Crippen LogP contribution in [0.3, 0.4) is 0 Å². The second-order valence-electron chi connectivity index (χ2n) is 6.16. The Morgan fingerprint density at radius 2 is 1.95 bits per heavy atom. The highest BCUT2D eigenvalue weighted by Gasteiger charge is 2.28. The summed E-state index contributed by atoms with van der Waals surface area (Å²) < 4.78 is 1.76. The zero-order valence-corrected chi connectivity index (χ0v) is 11.7. The van der Waals surface area contributed by atoms with Crippen LogP contribution >= 0.6 is 0 Å². The first-order valence-corrected chi connectivity index (χ1v) is 7.72. The molecule has 5 heteroatoms. The highest BCUT2D eigenvalue weighted by molar-refractivity contribution is 5.60. The summed E-state index contributed by atoms with van der Waals surface area (Å²) in [6.45, 7) is 0. The van der Waals surface area contributed by atoms with Crippen LogP contribution in [0.25, 0.3) is 5.65 Å². The molecule has 0 amide bonds. The molecule has 2 saturated carbocycles. The van der Waals surface area contributed by atoms with Gasteiger partial charge in [-0.1, -0.05) is 19.3 Å². The van der Waals surface area contributed by atoms with Gasteiger partial charge in [0.25, 0.3) is 0 Å². The first-order chi connectivity index (χ1) is 9.81. The molecule has 0 saturated heterocycles. The first-order valence-electron chi connectivity index (χ1n) is 7.72. The Kier molecular flexibility index (Phi) is 2.79. The van der Waals surface area contributed by atoms with Crippen LogP contribution in [-0.2, 0) is 0 Å². The van der Waals surface area contributed by atoms with Gasteiger partial charge in [0.1, 0.15) is 11.6 Å². The third kappa shape index (κ3) is 2.11. The Balaban J connectivity index is 1.66. The van der Waals surface area contributed by atoms with Crippen LogP contribution in [0.4, 0.5) is 11.6 Å². The zero-order valence-electron chi connectivity index (χ0n) is 11.7. The molecular formula is C15H21N5. The number of aromatic nitrogens is 3. The smallest absolute Gasteiger partial charge is 0.163 e. The van der Waals surface area contributed by atoms with Crippen molar-refractivity contribution in [2.75, 3.05) is 11.1 Å². The van der Waals surface area contributed by atoms with Crippen LogP contribution in [0, 0.1) is 0 Å². The molecular weight excluding hydrogens is 250 g/mol. The molecule has 3 N–H and O–H groups in total. The fourth-order valence-electron chi connectivity index (χ4n) is 3.22. The Hall–Kier alpha value is -1.78. The summed E-state index contributed by atoms with van der Waals surface area (Å²) in [7, 11) is 0. The number of anilines is 2. The lowest BCUT2D eigenvalue weighted by atomic mass is 9.95. The van der Waals surface area contributed by atoms with Gasteiger partial charge < -0.3 is 11.1 Å². The molecule has 0 aliphatic heterocycles. The fourth-order valence-corrected chi connectivity index (χ4v) is 3.22. The van der Waals surface area contributed by atoms with E-state index >= 15 is 0 Å². The lowest BCUT2D eigenvalue weighted by Crippen LogP contribution is -2.23. The van der Waals surface area contributed by atoms with Gasteiger partial charge in [-0.05, 0) is 31.6 Å². The molecule has 0 bridgehead atoms. The molecule has 2 heterocycles. The van der Waals surface area contributed by atoms with Gasteiger partial charge in [-0.3, -0.25) is 0 Å². The zero-order chi connectivity index (χ0) is 13.5. The molecule has 2 aromatic rings. The third-order valence-electron chi connectivity index (χ3n) is 4.50. The molecule has 0 atom stereocenters. The molecule has 2 fully saturated rings. The van der Waals surface area contributed by atoms with Crippen LogP contribution < -0.4 is 11.1 Å². The molecule has 0 radical (unpaired) electrons. The van der Waals surface area contributed by atoms with E-state index in [9.17, 15) is 0 Å². The maximum atomic E-state index is 6.12. The van der Waals surface area contributed by atoms with Gasteiger partial charge in [0.15, 0.2) is 5.65 Å². The Morgan fingerprint density at radius 1 is 1.15 bits per heavy atom. The maximum Gasteiger partial charge on any atom is 0.163 e. The number of hydrogen-bond acceptors (Lipinski definition) is 4. The van der Waals surface area contributed by atoms with Gasteiger partial charge in [-0.25, -0.2) is 4.98 Å². The van der Waals surface area contributed by atoms with E-state index in [0.29, 0.717) is 17.8 Å². The third-order valence-corrected chi connectivity index (χ3v) is 4.50. The summed E-state index contributed by atoms with van der Waals surface area (Å²) in [5, 5.41) is 7.93. The summed E-state index contributed by atoms with van der Waals surface area (Å²) in [4.78, 5) is 4.76. The Morgan fingerprint density at radius 3 is 2.70 bits per heavy atom. The predicted octanol–water partition coefficient (Wildman–Crippen LogP) is 2.93. The topological polar surface area (TPSA) is 68.2 Å². The monoisotopic (exact) mass is 271 g/mol. The molecule has 0 spiro atoms. The average Bonchev–Trinajstić information content (AvgIpc) is 3.20. The van der Waals surface area contributed by atoms with E-state index in [-0.39, 0.29) is 0 Å². The van der Waals surface area contributed by atoms with Crippen molar-refractivity contribution >= 4 is 17.3 Å². The minimum atomic E-state index is 0.547. The molecule has 4 rings (SSSR count). The van der Waals surface area contributed by atoms with E-state index in [1.807, 2.05) is 12.3 Å². The summed E-state index contributed by atoms with van der Waals surface area (Å²) in [6.07, 6.45) is 10.9. The molecule has 0 aromatic carbocycles.